The molecule has 3 N–H and O–H groups in total. The van der Waals surface area contributed by atoms with Crippen molar-refractivity contribution in [2.24, 2.45) is 17.1 Å². The maximum atomic E-state index is 6.00. The van der Waals surface area contributed by atoms with Crippen molar-refractivity contribution in [3.05, 3.63) is 0 Å². The number of rotatable bonds is 7. The molecular weight excluding hydrogens is 208 g/mol. The van der Waals surface area contributed by atoms with Gasteiger partial charge < -0.3 is 11.1 Å². The Morgan fingerprint density at radius 3 is 2.29 bits per heavy atom. The third-order valence-electron chi connectivity index (χ3n) is 3.95. The Hall–Kier alpha value is -0.0800. The van der Waals surface area contributed by atoms with Gasteiger partial charge in [-0.3, -0.25) is 0 Å². The summed E-state index contributed by atoms with van der Waals surface area (Å²) in [5.74, 6) is 0.820. The summed E-state index contributed by atoms with van der Waals surface area (Å²) in [5, 5.41) is 3.65. The first kappa shape index (κ1) is 15.0. The van der Waals surface area contributed by atoms with Crippen LogP contribution in [0.1, 0.15) is 66.2 Å². The fraction of sp³-hybridized carbons (Fsp3) is 1.00. The van der Waals surface area contributed by atoms with Crippen LogP contribution in [-0.4, -0.2) is 18.6 Å². The minimum atomic E-state index is -0.0338. The smallest absolute Gasteiger partial charge is 0.0109 e. The van der Waals surface area contributed by atoms with Crippen LogP contribution in [-0.2, 0) is 0 Å². The highest BCUT2D eigenvalue weighted by Crippen LogP contribution is 2.42. The summed E-state index contributed by atoms with van der Waals surface area (Å²) in [6.07, 6.45) is 8.14. The largest absolute Gasteiger partial charge is 0.326 e. The molecule has 102 valence electrons. The fourth-order valence-electron chi connectivity index (χ4n) is 3.21. The molecule has 0 spiro atoms. The van der Waals surface area contributed by atoms with Gasteiger partial charge in [0.15, 0.2) is 0 Å². The molecule has 0 aliphatic heterocycles. The van der Waals surface area contributed by atoms with Crippen LogP contribution in [0.15, 0.2) is 0 Å². The summed E-state index contributed by atoms with van der Waals surface area (Å²) in [6, 6.07) is 0. The molecule has 1 rings (SSSR count). The first-order valence-electron chi connectivity index (χ1n) is 7.33. The van der Waals surface area contributed by atoms with E-state index in [1.54, 1.807) is 0 Å². The van der Waals surface area contributed by atoms with Gasteiger partial charge in [0.05, 0.1) is 0 Å². The van der Waals surface area contributed by atoms with Crippen LogP contribution in [0.2, 0.25) is 0 Å². The number of nitrogens with two attached hydrogens (primary N) is 1. The second-order valence-corrected chi connectivity index (χ2v) is 7.22. The molecule has 0 aromatic rings. The first-order chi connectivity index (χ1) is 7.83. The Morgan fingerprint density at radius 1 is 1.24 bits per heavy atom. The summed E-state index contributed by atoms with van der Waals surface area (Å²) in [6.45, 7) is 11.2. The molecule has 0 aromatic heterocycles. The van der Waals surface area contributed by atoms with Crippen molar-refractivity contribution in [1.29, 1.82) is 0 Å². The third kappa shape index (κ3) is 5.87. The summed E-state index contributed by atoms with van der Waals surface area (Å²) in [7, 11) is 0. The molecule has 1 fully saturated rings. The van der Waals surface area contributed by atoms with E-state index in [9.17, 15) is 0 Å². The molecule has 0 atom stereocenters. The SMILES string of the molecule is CC(C)CC1(CNCCC(C)(C)N)CCCC1. The van der Waals surface area contributed by atoms with Crippen LogP contribution in [0.25, 0.3) is 0 Å². The lowest BCUT2D eigenvalue weighted by Gasteiger charge is -2.32. The van der Waals surface area contributed by atoms with E-state index in [0.29, 0.717) is 5.41 Å². The van der Waals surface area contributed by atoms with Crippen molar-refractivity contribution in [3.8, 4) is 0 Å². The maximum absolute atomic E-state index is 6.00. The Balaban J connectivity index is 2.30. The van der Waals surface area contributed by atoms with Crippen LogP contribution in [0.3, 0.4) is 0 Å². The molecule has 0 aromatic carbocycles. The highest BCUT2D eigenvalue weighted by molar-refractivity contribution is 4.87. The minimum Gasteiger partial charge on any atom is -0.326 e. The van der Waals surface area contributed by atoms with Crippen LogP contribution in [0.4, 0.5) is 0 Å². The predicted octanol–water partition coefficient (Wildman–Crippen LogP) is 3.31. The van der Waals surface area contributed by atoms with E-state index >= 15 is 0 Å². The van der Waals surface area contributed by atoms with Gasteiger partial charge >= 0.3 is 0 Å². The highest BCUT2D eigenvalue weighted by atomic mass is 14.9. The van der Waals surface area contributed by atoms with Crippen molar-refractivity contribution >= 4 is 0 Å². The lowest BCUT2D eigenvalue weighted by atomic mass is 9.78. The monoisotopic (exact) mass is 240 g/mol. The van der Waals surface area contributed by atoms with Gasteiger partial charge in [0, 0.05) is 12.1 Å². The summed E-state index contributed by atoms with van der Waals surface area (Å²) in [5.41, 5.74) is 6.56. The molecule has 1 aliphatic rings. The fourth-order valence-corrected chi connectivity index (χ4v) is 3.21. The number of hydrogen-bond donors (Lipinski definition) is 2. The van der Waals surface area contributed by atoms with Crippen LogP contribution in [0.5, 0.6) is 0 Å². The second-order valence-electron chi connectivity index (χ2n) is 7.22. The van der Waals surface area contributed by atoms with Crippen LogP contribution >= 0.6 is 0 Å². The number of nitrogens with one attached hydrogen (secondary N) is 1. The zero-order chi connectivity index (χ0) is 12.9. The minimum absolute atomic E-state index is 0.0338. The van der Waals surface area contributed by atoms with Gasteiger partial charge in [-0.2, -0.15) is 0 Å². The van der Waals surface area contributed by atoms with Crippen LogP contribution in [0, 0.1) is 11.3 Å². The zero-order valence-electron chi connectivity index (χ0n) is 12.3. The van der Waals surface area contributed by atoms with E-state index in [1.165, 1.54) is 38.6 Å². The molecule has 17 heavy (non-hydrogen) atoms. The van der Waals surface area contributed by atoms with E-state index in [-0.39, 0.29) is 5.54 Å². The molecule has 0 saturated heterocycles. The molecule has 0 unspecified atom stereocenters. The van der Waals surface area contributed by atoms with Crippen molar-refractivity contribution < 1.29 is 0 Å². The van der Waals surface area contributed by atoms with Crippen molar-refractivity contribution in [2.75, 3.05) is 13.1 Å². The lowest BCUT2D eigenvalue weighted by molar-refractivity contribution is 0.222. The Labute approximate surface area is 108 Å². The molecule has 2 heteroatoms. The molecule has 1 aliphatic carbocycles. The average Bonchev–Trinajstić information content (AvgIpc) is 2.59. The van der Waals surface area contributed by atoms with E-state index in [2.05, 4.69) is 33.0 Å². The Bertz CT molecular complexity index is 209. The second kappa shape index (κ2) is 6.19. The Morgan fingerprint density at radius 2 is 1.82 bits per heavy atom. The quantitative estimate of drug-likeness (QED) is 0.670. The topological polar surface area (TPSA) is 38.0 Å². The van der Waals surface area contributed by atoms with Crippen LogP contribution < -0.4 is 11.1 Å². The van der Waals surface area contributed by atoms with E-state index in [0.717, 1.165) is 18.9 Å². The zero-order valence-corrected chi connectivity index (χ0v) is 12.3. The molecule has 0 heterocycles. The first-order valence-corrected chi connectivity index (χ1v) is 7.33. The summed E-state index contributed by atoms with van der Waals surface area (Å²) >= 11 is 0. The van der Waals surface area contributed by atoms with Crippen molar-refractivity contribution in [1.82, 2.24) is 5.32 Å². The standard InChI is InChI=1S/C15H32N2/c1-13(2)11-15(7-5-6-8-15)12-17-10-9-14(3,4)16/h13,17H,5-12,16H2,1-4H3. The lowest BCUT2D eigenvalue weighted by Crippen LogP contribution is -2.39. The van der Waals surface area contributed by atoms with Gasteiger partial charge in [0.25, 0.3) is 0 Å². The van der Waals surface area contributed by atoms with E-state index in [1.807, 2.05) is 0 Å². The van der Waals surface area contributed by atoms with Gasteiger partial charge in [-0.05, 0) is 57.4 Å². The molecule has 0 amide bonds. The van der Waals surface area contributed by atoms with Gasteiger partial charge in [0.2, 0.25) is 0 Å². The van der Waals surface area contributed by atoms with Crippen molar-refractivity contribution in [2.45, 2.75) is 71.8 Å². The molecule has 0 radical (unpaired) electrons. The number of hydrogen-bond acceptors (Lipinski definition) is 2. The predicted molar refractivity (Wildman–Crippen MR) is 76.1 cm³/mol. The third-order valence-corrected chi connectivity index (χ3v) is 3.95. The maximum Gasteiger partial charge on any atom is 0.0109 e. The highest BCUT2D eigenvalue weighted by Gasteiger charge is 2.33. The van der Waals surface area contributed by atoms with Gasteiger partial charge in [-0.1, -0.05) is 26.7 Å². The van der Waals surface area contributed by atoms with Gasteiger partial charge in [-0.15, -0.1) is 0 Å². The summed E-state index contributed by atoms with van der Waals surface area (Å²) < 4.78 is 0. The van der Waals surface area contributed by atoms with E-state index < -0.39 is 0 Å². The van der Waals surface area contributed by atoms with Gasteiger partial charge in [-0.25, -0.2) is 0 Å². The molecule has 2 nitrogen and oxygen atoms in total. The molecule has 1 saturated carbocycles. The normalized spacial score (nSPS) is 20.1. The molecule has 0 bridgehead atoms. The Kier molecular flexibility index (Phi) is 5.46. The van der Waals surface area contributed by atoms with Gasteiger partial charge in [0.1, 0.15) is 0 Å². The van der Waals surface area contributed by atoms with E-state index in [4.69, 9.17) is 5.73 Å². The van der Waals surface area contributed by atoms with Crippen molar-refractivity contribution in [3.63, 3.8) is 0 Å². The summed E-state index contributed by atoms with van der Waals surface area (Å²) in [4.78, 5) is 0. The average molecular weight is 240 g/mol. The molecular formula is C15H32N2.